The van der Waals surface area contributed by atoms with E-state index in [1.807, 2.05) is 56.3 Å². The number of anilines is 1. The van der Waals surface area contributed by atoms with Crippen LogP contribution < -0.4 is 10.3 Å². The van der Waals surface area contributed by atoms with Crippen LogP contribution in [0.4, 0.5) is 5.69 Å². The predicted octanol–water partition coefficient (Wildman–Crippen LogP) is 5.41. The average Bonchev–Trinajstić information content (AvgIpc) is 3.26. The second-order valence-corrected chi connectivity index (χ2v) is 9.77. The standard InChI is InChI=1S/C29H23ClN2O4/c1-3-14-32-27(34)26-24(25(33)20-15-17(2)8-13-23(20)36-26)29(32)21-6-4-5-7-22(21)31(28(29)35)16-18-9-11-19(30)12-10-18/h4-13,15H,3,14,16H2,1-2H3. The Morgan fingerprint density at radius 1 is 0.972 bits per heavy atom. The van der Waals surface area contributed by atoms with E-state index in [4.69, 9.17) is 16.0 Å². The molecule has 2 aliphatic heterocycles. The SMILES string of the molecule is CCCN1C(=O)c2oc3ccc(C)cc3c(=O)c2C12C(=O)N(Cc1ccc(Cl)cc1)c1ccccc12. The number of benzene rings is 3. The molecule has 0 aliphatic carbocycles. The Labute approximate surface area is 212 Å². The van der Waals surface area contributed by atoms with Crippen LogP contribution >= 0.6 is 11.6 Å². The summed E-state index contributed by atoms with van der Waals surface area (Å²) in [6.45, 7) is 4.40. The molecule has 7 heteroatoms. The molecule has 6 nitrogen and oxygen atoms in total. The number of carbonyl (C=O) groups is 2. The summed E-state index contributed by atoms with van der Waals surface area (Å²) in [4.78, 5) is 45.6. The highest BCUT2D eigenvalue weighted by molar-refractivity contribution is 6.30. The maximum Gasteiger partial charge on any atom is 0.291 e. The minimum Gasteiger partial charge on any atom is -0.450 e. The molecule has 1 unspecified atom stereocenters. The van der Waals surface area contributed by atoms with Gasteiger partial charge < -0.3 is 14.2 Å². The molecule has 0 N–H and O–H groups in total. The lowest BCUT2D eigenvalue weighted by molar-refractivity contribution is -0.126. The first kappa shape index (κ1) is 22.6. The van der Waals surface area contributed by atoms with Crippen LogP contribution in [-0.2, 0) is 16.9 Å². The van der Waals surface area contributed by atoms with Gasteiger partial charge in [0, 0.05) is 17.1 Å². The maximum absolute atomic E-state index is 14.5. The van der Waals surface area contributed by atoms with Crippen molar-refractivity contribution in [2.75, 3.05) is 11.4 Å². The normalized spacial score (nSPS) is 18.4. The Hall–Kier alpha value is -3.90. The number of carbonyl (C=O) groups excluding carboxylic acids is 2. The van der Waals surface area contributed by atoms with Gasteiger partial charge in [-0.2, -0.15) is 0 Å². The van der Waals surface area contributed by atoms with Crippen molar-refractivity contribution in [1.29, 1.82) is 0 Å². The monoisotopic (exact) mass is 498 g/mol. The van der Waals surface area contributed by atoms with Crippen LogP contribution in [0.1, 0.15) is 46.2 Å². The van der Waals surface area contributed by atoms with Crippen molar-refractivity contribution in [3.8, 4) is 0 Å². The van der Waals surface area contributed by atoms with E-state index < -0.39 is 11.4 Å². The molecule has 1 spiro atoms. The molecular weight excluding hydrogens is 476 g/mol. The van der Waals surface area contributed by atoms with E-state index in [9.17, 15) is 14.4 Å². The number of hydrogen-bond donors (Lipinski definition) is 0. The van der Waals surface area contributed by atoms with E-state index in [1.165, 1.54) is 4.90 Å². The second-order valence-electron chi connectivity index (χ2n) is 9.34. The Bertz CT molecular complexity index is 1630. The average molecular weight is 499 g/mol. The van der Waals surface area contributed by atoms with Crippen molar-refractivity contribution >= 4 is 40.1 Å². The zero-order chi connectivity index (χ0) is 25.2. The minimum absolute atomic E-state index is 0.0544. The summed E-state index contributed by atoms with van der Waals surface area (Å²) in [7, 11) is 0. The topological polar surface area (TPSA) is 70.8 Å². The van der Waals surface area contributed by atoms with Crippen LogP contribution in [0.25, 0.3) is 11.0 Å². The zero-order valence-corrected chi connectivity index (χ0v) is 20.6. The molecule has 0 fully saturated rings. The van der Waals surface area contributed by atoms with E-state index in [1.54, 1.807) is 29.2 Å². The molecule has 2 aliphatic rings. The van der Waals surface area contributed by atoms with Gasteiger partial charge in [-0.1, -0.05) is 60.5 Å². The highest BCUT2D eigenvalue weighted by Gasteiger charge is 2.64. The predicted molar refractivity (Wildman–Crippen MR) is 138 cm³/mol. The molecule has 1 atom stereocenters. The Morgan fingerprint density at radius 2 is 1.72 bits per heavy atom. The first-order chi connectivity index (χ1) is 17.4. The lowest BCUT2D eigenvalue weighted by Gasteiger charge is -2.34. The fourth-order valence-electron chi connectivity index (χ4n) is 5.56. The molecule has 3 aromatic carbocycles. The van der Waals surface area contributed by atoms with E-state index in [0.29, 0.717) is 40.2 Å². The van der Waals surface area contributed by atoms with Gasteiger partial charge in [0.15, 0.2) is 11.0 Å². The number of aryl methyl sites for hydroxylation is 1. The van der Waals surface area contributed by atoms with Crippen molar-refractivity contribution in [3.05, 3.63) is 110 Å². The molecule has 4 aromatic rings. The van der Waals surface area contributed by atoms with Crippen LogP contribution in [-0.4, -0.2) is 23.3 Å². The Balaban J connectivity index is 1.65. The number of fused-ring (bicyclic) bond motifs is 5. The van der Waals surface area contributed by atoms with E-state index in [0.717, 1.165) is 11.1 Å². The van der Waals surface area contributed by atoms with Gasteiger partial charge in [-0.25, -0.2) is 0 Å². The third kappa shape index (κ3) is 2.94. The van der Waals surface area contributed by atoms with E-state index >= 15 is 0 Å². The van der Waals surface area contributed by atoms with Gasteiger partial charge in [0.25, 0.3) is 11.8 Å². The van der Waals surface area contributed by atoms with Crippen LogP contribution in [0.15, 0.2) is 75.9 Å². The molecule has 36 heavy (non-hydrogen) atoms. The number of amides is 2. The summed E-state index contributed by atoms with van der Waals surface area (Å²) in [6, 6.07) is 20.0. The van der Waals surface area contributed by atoms with Gasteiger partial charge in [-0.15, -0.1) is 0 Å². The number of nitrogens with zero attached hydrogens (tertiary/aromatic N) is 2. The van der Waals surface area contributed by atoms with Crippen molar-refractivity contribution in [2.24, 2.45) is 0 Å². The third-order valence-electron chi connectivity index (χ3n) is 7.09. The molecule has 0 saturated carbocycles. The van der Waals surface area contributed by atoms with Crippen molar-refractivity contribution in [2.45, 2.75) is 32.4 Å². The number of hydrogen-bond acceptors (Lipinski definition) is 4. The van der Waals surface area contributed by atoms with Crippen LogP contribution in [0.5, 0.6) is 0 Å². The summed E-state index contributed by atoms with van der Waals surface area (Å²) in [5, 5.41) is 0.966. The summed E-state index contributed by atoms with van der Waals surface area (Å²) in [6.07, 6.45) is 0.612. The lowest BCUT2D eigenvalue weighted by Crippen LogP contribution is -2.53. The summed E-state index contributed by atoms with van der Waals surface area (Å²) in [5.74, 6) is -0.831. The first-order valence-corrected chi connectivity index (χ1v) is 12.3. The number of rotatable bonds is 4. The molecule has 3 heterocycles. The first-order valence-electron chi connectivity index (χ1n) is 11.9. The highest BCUT2D eigenvalue weighted by Crippen LogP contribution is 2.52. The molecule has 6 rings (SSSR count). The van der Waals surface area contributed by atoms with Gasteiger partial charge in [0.2, 0.25) is 5.76 Å². The van der Waals surface area contributed by atoms with Gasteiger partial charge >= 0.3 is 0 Å². The fourth-order valence-corrected chi connectivity index (χ4v) is 5.68. The van der Waals surface area contributed by atoms with Gasteiger partial charge in [0.05, 0.1) is 23.2 Å². The molecule has 0 radical (unpaired) electrons. The van der Waals surface area contributed by atoms with E-state index in [-0.39, 0.29) is 29.2 Å². The fraction of sp³-hybridized carbons (Fsp3) is 0.207. The summed E-state index contributed by atoms with van der Waals surface area (Å²) in [5.41, 5.74) is 1.57. The zero-order valence-electron chi connectivity index (χ0n) is 19.9. The molecule has 0 bridgehead atoms. The quantitative estimate of drug-likeness (QED) is 0.377. The molecular formula is C29H23ClN2O4. The van der Waals surface area contributed by atoms with Gasteiger partial charge in [-0.3, -0.25) is 14.4 Å². The molecule has 180 valence electrons. The third-order valence-corrected chi connectivity index (χ3v) is 7.34. The number of halogens is 1. The highest BCUT2D eigenvalue weighted by atomic mass is 35.5. The molecule has 2 amide bonds. The summed E-state index contributed by atoms with van der Waals surface area (Å²) < 4.78 is 6.07. The Morgan fingerprint density at radius 3 is 2.47 bits per heavy atom. The van der Waals surface area contributed by atoms with Crippen LogP contribution in [0.3, 0.4) is 0 Å². The van der Waals surface area contributed by atoms with Crippen molar-refractivity contribution < 1.29 is 14.0 Å². The lowest BCUT2D eigenvalue weighted by atomic mass is 9.84. The van der Waals surface area contributed by atoms with Gasteiger partial charge in [0.1, 0.15) is 5.58 Å². The van der Waals surface area contributed by atoms with Crippen molar-refractivity contribution in [3.63, 3.8) is 0 Å². The maximum atomic E-state index is 14.5. The molecule has 0 saturated heterocycles. The van der Waals surface area contributed by atoms with Gasteiger partial charge in [-0.05, 0) is 49.2 Å². The largest absolute Gasteiger partial charge is 0.450 e. The van der Waals surface area contributed by atoms with Crippen LogP contribution in [0, 0.1) is 6.92 Å². The number of para-hydroxylation sites is 1. The smallest absolute Gasteiger partial charge is 0.291 e. The van der Waals surface area contributed by atoms with Crippen LogP contribution in [0.2, 0.25) is 5.02 Å². The second kappa shape index (κ2) is 8.07. The minimum atomic E-state index is -1.58. The Kier molecular flexibility index (Phi) is 5.05. The summed E-state index contributed by atoms with van der Waals surface area (Å²) >= 11 is 6.07. The van der Waals surface area contributed by atoms with E-state index in [2.05, 4.69) is 0 Å². The van der Waals surface area contributed by atoms with Crippen molar-refractivity contribution in [1.82, 2.24) is 4.90 Å². The molecule has 1 aromatic heterocycles.